The molecule has 2 rings (SSSR count). The summed E-state index contributed by atoms with van der Waals surface area (Å²) in [6.45, 7) is 3.70. The molecule has 2 aliphatic rings. The van der Waals surface area contributed by atoms with Crippen LogP contribution in [0.5, 0.6) is 0 Å². The van der Waals surface area contributed by atoms with Gasteiger partial charge in [0.1, 0.15) is 0 Å². The topological polar surface area (TPSA) is 58.3 Å². The molecule has 1 aliphatic carbocycles. The van der Waals surface area contributed by atoms with Crippen LogP contribution in [-0.4, -0.2) is 29.8 Å². The van der Waals surface area contributed by atoms with Gasteiger partial charge in [0.05, 0.1) is 5.60 Å². The van der Waals surface area contributed by atoms with Gasteiger partial charge in [-0.25, -0.2) is 0 Å². The number of hydrogen-bond acceptors (Lipinski definition) is 3. The van der Waals surface area contributed by atoms with Crippen LogP contribution < -0.4 is 11.1 Å². The summed E-state index contributed by atoms with van der Waals surface area (Å²) < 4.78 is 0. The summed E-state index contributed by atoms with van der Waals surface area (Å²) in [5.74, 6) is 1.17. The number of rotatable bonds is 3. The molecule has 14 heavy (non-hydrogen) atoms. The third-order valence-corrected chi connectivity index (χ3v) is 3.88. The summed E-state index contributed by atoms with van der Waals surface area (Å²) in [4.78, 5) is 0. The minimum absolute atomic E-state index is 0.226. The molecular weight excluding hydrogens is 176 g/mol. The summed E-state index contributed by atoms with van der Waals surface area (Å²) in [6, 6.07) is 0.226. The molecule has 2 fully saturated rings. The molecule has 0 amide bonds. The highest BCUT2D eigenvalue weighted by atomic mass is 16.3. The molecule has 3 atom stereocenters. The quantitative estimate of drug-likeness (QED) is 0.618. The van der Waals surface area contributed by atoms with Crippen molar-refractivity contribution in [2.24, 2.45) is 17.6 Å². The van der Waals surface area contributed by atoms with Gasteiger partial charge in [0.25, 0.3) is 0 Å². The first-order valence-electron chi connectivity index (χ1n) is 5.82. The maximum absolute atomic E-state index is 10.5. The Morgan fingerprint density at radius 2 is 2.14 bits per heavy atom. The Kier molecular flexibility index (Phi) is 2.82. The highest BCUT2D eigenvalue weighted by molar-refractivity contribution is 5.04. The van der Waals surface area contributed by atoms with Gasteiger partial charge < -0.3 is 16.2 Å². The van der Waals surface area contributed by atoms with Gasteiger partial charge in [-0.15, -0.1) is 0 Å². The SMILES string of the molecule is CC1CCNC(C(O)(CN)C2CC2)C1. The maximum atomic E-state index is 10.5. The van der Waals surface area contributed by atoms with Crippen molar-refractivity contribution < 1.29 is 5.11 Å². The minimum Gasteiger partial charge on any atom is -0.387 e. The lowest BCUT2D eigenvalue weighted by molar-refractivity contribution is -0.0250. The van der Waals surface area contributed by atoms with Crippen molar-refractivity contribution in [2.75, 3.05) is 13.1 Å². The van der Waals surface area contributed by atoms with E-state index in [1.165, 1.54) is 6.42 Å². The average molecular weight is 198 g/mol. The largest absolute Gasteiger partial charge is 0.387 e. The molecule has 0 aromatic rings. The zero-order chi connectivity index (χ0) is 10.2. The molecule has 0 bridgehead atoms. The first-order chi connectivity index (χ1) is 6.66. The van der Waals surface area contributed by atoms with Crippen molar-refractivity contribution in [3.63, 3.8) is 0 Å². The van der Waals surface area contributed by atoms with E-state index < -0.39 is 5.60 Å². The molecule has 1 heterocycles. The van der Waals surface area contributed by atoms with E-state index in [1.54, 1.807) is 0 Å². The Balaban J connectivity index is 2.02. The Morgan fingerprint density at radius 1 is 1.43 bits per heavy atom. The molecule has 3 unspecified atom stereocenters. The van der Waals surface area contributed by atoms with E-state index in [-0.39, 0.29) is 6.04 Å². The van der Waals surface area contributed by atoms with Gasteiger partial charge in [0.2, 0.25) is 0 Å². The van der Waals surface area contributed by atoms with Crippen LogP contribution in [0.25, 0.3) is 0 Å². The van der Waals surface area contributed by atoms with Gasteiger partial charge in [-0.3, -0.25) is 0 Å². The fourth-order valence-electron chi connectivity index (χ4n) is 2.67. The Labute approximate surface area is 86.1 Å². The van der Waals surface area contributed by atoms with Crippen molar-refractivity contribution >= 4 is 0 Å². The van der Waals surface area contributed by atoms with E-state index in [2.05, 4.69) is 12.2 Å². The highest BCUT2D eigenvalue weighted by Crippen LogP contribution is 2.42. The van der Waals surface area contributed by atoms with E-state index in [0.717, 1.165) is 31.7 Å². The molecule has 3 nitrogen and oxygen atoms in total. The predicted octanol–water partition coefficient (Wildman–Crippen LogP) is 0.474. The van der Waals surface area contributed by atoms with E-state index in [9.17, 15) is 5.11 Å². The zero-order valence-electron chi connectivity index (χ0n) is 9.00. The fourth-order valence-corrected chi connectivity index (χ4v) is 2.67. The van der Waals surface area contributed by atoms with Crippen LogP contribution in [0, 0.1) is 11.8 Å². The maximum Gasteiger partial charge on any atom is 0.0949 e. The summed E-state index contributed by atoms with van der Waals surface area (Å²) in [7, 11) is 0. The molecule has 0 aromatic heterocycles. The normalized spacial score (nSPS) is 37.9. The number of nitrogens with two attached hydrogens (primary N) is 1. The van der Waals surface area contributed by atoms with Crippen LogP contribution in [0.3, 0.4) is 0 Å². The third-order valence-electron chi connectivity index (χ3n) is 3.88. The van der Waals surface area contributed by atoms with Crippen LogP contribution in [0.1, 0.15) is 32.6 Å². The van der Waals surface area contributed by atoms with E-state index in [0.29, 0.717) is 12.5 Å². The standard InChI is InChI=1S/C11H22N2O/c1-8-4-5-13-10(6-8)11(14,7-12)9-2-3-9/h8-10,13-14H,2-7,12H2,1H3. The van der Waals surface area contributed by atoms with Crippen LogP contribution in [0.15, 0.2) is 0 Å². The van der Waals surface area contributed by atoms with E-state index in [1.807, 2.05) is 0 Å². The van der Waals surface area contributed by atoms with Crippen molar-refractivity contribution in [1.82, 2.24) is 5.32 Å². The molecule has 0 spiro atoms. The average Bonchev–Trinajstić information content (AvgIpc) is 3.00. The second-order valence-electron chi connectivity index (χ2n) is 5.11. The summed E-state index contributed by atoms with van der Waals surface area (Å²) in [5.41, 5.74) is 5.10. The van der Waals surface area contributed by atoms with Gasteiger partial charge in [-0.2, -0.15) is 0 Å². The third kappa shape index (κ3) is 1.81. The molecule has 1 aliphatic heterocycles. The summed E-state index contributed by atoms with van der Waals surface area (Å²) in [5, 5.41) is 13.9. The molecule has 0 radical (unpaired) electrons. The highest BCUT2D eigenvalue weighted by Gasteiger charge is 2.48. The Morgan fingerprint density at radius 3 is 2.64 bits per heavy atom. The van der Waals surface area contributed by atoms with Gasteiger partial charge in [-0.1, -0.05) is 6.92 Å². The molecule has 4 N–H and O–H groups in total. The molecule has 1 saturated carbocycles. The van der Waals surface area contributed by atoms with Gasteiger partial charge in [-0.05, 0) is 44.1 Å². The first kappa shape index (κ1) is 10.4. The van der Waals surface area contributed by atoms with Gasteiger partial charge in [0.15, 0.2) is 0 Å². The van der Waals surface area contributed by atoms with E-state index in [4.69, 9.17) is 5.73 Å². The number of hydrogen-bond donors (Lipinski definition) is 3. The lowest BCUT2D eigenvalue weighted by Crippen LogP contribution is -2.59. The second kappa shape index (κ2) is 3.80. The van der Waals surface area contributed by atoms with Crippen molar-refractivity contribution in [2.45, 2.75) is 44.2 Å². The van der Waals surface area contributed by atoms with E-state index >= 15 is 0 Å². The van der Waals surface area contributed by atoms with Crippen LogP contribution in [-0.2, 0) is 0 Å². The van der Waals surface area contributed by atoms with Crippen molar-refractivity contribution in [3.05, 3.63) is 0 Å². The van der Waals surface area contributed by atoms with Crippen molar-refractivity contribution in [1.29, 1.82) is 0 Å². The summed E-state index contributed by atoms with van der Waals surface area (Å²) in [6.07, 6.45) is 4.60. The second-order valence-corrected chi connectivity index (χ2v) is 5.11. The smallest absolute Gasteiger partial charge is 0.0949 e. The van der Waals surface area contributed by atoms with Gasteiger partial charge in [0, 0.05) is 12.6 Å². The predicted molar refractivity (Wildman–Crippen MR) is 56.9 cm³/mol. The Bertz CT molecular complexity index is 205. The van der Waals surface area contributed by atoms with Crippen LogP contribution >= 0.6 is 0 Å². The molecule has 82 valence electrons. The number of nitrogens with one attached hydrogen (secondary N) is 1. The lowest BCUT2D eigenvalue weighted by Gasteiger charge is -2.40. The van der Waals surface area contributed by atoms with Crippen LogP contribution in [0.4, 0.5) is 0 Å². The number of piperidine rings is 1. The van der Waals surface area contributed by atoms with Gasteiger partial charge >= 0.3 is 0 Å². The minimum atomic E-state index is -0.630. The molecular formula is C11H22N2O. The monoisotopic (exact) mass is 198 g/mol. The zero-order valence-corrected chi connectivity index (χ0v) is 9.00. The lowest BCUT2D eigenvalue weighted by atomic mass is 9.80. The summed E-state index contributed by atoms with van der Waals surface area (Å²) >= 11 is 0. The fraction of sp³-hybridized carbons (Fsp3) is 1.00. The number of aliphatic hydroxyl groups is 1. The Hall–Kier alpha value is -0.120. The molecule has 3 heteroatoms. The first-order valence-corrected chi connectivity index (χ1v) is 5.82. The van der Waals surface area contributed by atoms with Crippen molar-refractivity contribution in [3.8, 4) is 0 Å². The molecule has 0 aromatic carbocycles. The molecule has 1 saturated heterocycles. The van der Waals surface area contributed by atoms with Crippen LogP contribution in [0.2, 0.25) is 0 Å².